The Morgan fingerprint density at radius 2 is 2.29 bits per heavy atom. The van der Waals surface area contributed by atoms with E-state index in [-0.39, 0.29) is 5.76 Å². The summed E-state index contributed by atoms with van der Waals surface area (Å²) in [5.41, 5.74) is 0.597. The minimum atomic E-state index is 0.225. The van der Waals surface area contributed by atoms with Crippen molar-refractivity contribution in [1.29, 1.82) is 0 Å². The van der Waals surface area contributed by atoms with Gasteiger partial charge in [0, 0.05) is 0 Å². The zero-order chi connectivity index (χ0) is 5.28. The first-order valence-corrected chi connectivity index (χ1v) is 1.92. The molecule has 1 aliphatic rings. The molecule has 0 aromatic carbocycles. The van der Waals surface area contributed by atoms with Gasteiger partial charge in [-0.2, -0.15) is 0 Å². The lowest BCUT2D eigenvalue weighted by atomic mass is 10.1. The average Bonchev–Trinajstić information content (AvgIpc) is 1.65. The molecule has 34 valence electrons. The first-order valence-electron chi connectivity index (χ1n) is 1.92. The van der Waals surface area contributed by atoms with Gasteiger partial charge in [-0.3, -0.25) is 0 Å². The topological polar surface area (TPSA) is 20.2 Å². The molecule has 7 heavy (non-hydrogen) atoms. The maximum Gasteiger partial charge on any atom is 0.131 e. The van der Waals surface area contributed by atoms with Crippen molar-refractivity contribution in [3.8, 4) is 12.3 Å². The van der Waals surface area contributed by atoms with Crippen LogP contribution in [-0.2, 0) is 0 Å². The lowest BCUT2D eigenvalue weighted by Gasteiger charge is -2.01. The summed E-state index contributed by atoms with van der Waals surface area (Å²) in [5.74, 6) is 2.52. The number of aliphatic hydroxyl groups is 1. The summed E-state index contributed by atoms with van der Waals surface area (Å²) in [7, 11) is 0. The van der Waals surface area contributed by atoms with Gasteiger partial charge in [-0.1, -0.05) is 5.92 Å². The molecular weight excluding hydrogens is 88.1 g/mol. The molecule has 1 nitrogen and oxygen atoms in total. The molecule has 0 atom stereocenters. The average molecular weight is 92.1 g/mol. The van der Waals surface area contributed by atoms with Crippen molar-refractivity contribution in [1.82, 2.24) is 0 Å². The van der Waals surface area contributed by atoms with Gasteiger partial charge >= 0.3 is 0 Å². The fraction of sp³-hybridized carbons (Fsp3) is 0. The van der Waals surface area contributed by atoms with Crippen LogP contribution in [0.2, 0.25) is 0 Å². The SMILES string of the molecule is C#CC1=C(O)C=C1. The summed E-state index contributed by atoms with van der Waals surface area (Å²) in [6, 6.07) is 0. The van der Waals surface area contributed by atoms with E-state index in [0.29, 0.717) is 5.57 Å². The van der Waals surface area contributed by atoms with E-state index in [1.54, 1.807) is 12.2 Å². The zero-order valence-corrected chi connectivity index (χ0v) is 3.68. The predicted octanol–water partition coefficient (Wildman–Crippen LogP) is 1.00. The van der Waals surface area contributed by atoms with E-state index < -0.39 is 0 Å². The van der Waals surface area contributed by atoms with Crippen molar-refractivity contribution < 1.29 is 5.11 Å². The van der Waals surface area contributed by atoms with Gasteiger partial charge < -0.3 is 5.11 Å². The molecule has 1 N–H and O–H groups in total. The first-order chi connectivity index (χ1) is 3.34. The summed E-state index contributed by atoms with van der Waals surface area (Å²) in [6.07, 6.45) is 8.16. The van der Waals surface area contributed by atoms with Gasteiger partial charge in [-0.25, -0.2) is 0 Å². The van der Waals surface area contributed by atoms with Crippen LogP contribution >= 0.6 is 0 Å². The second-order valence-corrected chi connectivity index (χ2v) is 1.28. The van der Waals surface area contributed by atoms with Crippen LogP contribution in [-0.4, -0.2) is 5.11 Å². The third-order valence-electron chi connectivity index (χ3n) is 0.839. The van der Waals surface area contributed by atoms with E-state index in [0.717, 1.165) is 0 Å². The molecule has 0 unspecified atom stereocenters. The number of terminal acetylenes is 1. The standard InChI is InChI=1S/C6H4O/c1-2-5-3-4-6(5)7/h1,3-4,7H. The minimum absolute atomic E-state index is 0.225. The summed E-state index contributed by atoms with van der Waals surface area (Å²) in [6.45, 7) is 0. The van der Waals surface area contributed by atoms with E-state index in [9.17, 15) is 0 Å². The molecule has 0 aromatic heterocycles. The third-order valence-corrected chi connectivity index (χ3v) is 0.839. The molecule has 1 heteroatoms. The molecule has 0 spiro atoms. The van der Waals surface area contributed by atoms with Gasteiger partial charge in [0.05, 0.1) is 5.57 Å². The quantitative estimate of drug-likeness (QED) is 0.442. The number of allylic oxidation sites excluding steroid dienone is 3. The van der Waals surface area contributed by atoms with Crippen LogP contribution < -0.4 is 0 Å². The van der Waals surface area contributed by atoms with Crippen molar-refractivity contribution >= 4 is 0 Å². The lowest BCUT2D eigenvalue weighted by molar-refractivity contribution is 0.424. The molecule has 1 rings (SSSR count). The fourth-order valence-electron chi connectivity index (χ4n) is 0.363. The maximum atomic E-state index is 8.56. The number of hydrogen-bond acceptors (Lipinski definition) is 1. The van der Waals surface area contributed by atoms with Crippen LogP contribution in [0.1, 0.15) is 0 Å². The molecule has 0 saturated carbocycles. The molecule has 0 heterocycles. The highest BCUT2D eigenvalue weighted by atomic mass is 16.3. The number of rotatable bonds is 0. The predicted molar refractivity (Wildman–Crippen MR) is 27.6 cm³/mol. The van der Waals surface area contributed by atoms with Crippen LogP contribution in [0.4, 0.5) is 0 Å². The molecule has 0 fully saturated rings. The van der Waals surface area contributed by atoms with E-state index in [4.69, 9.17) is 11.5 Å². The van der Waals surface area contributed by atoms with Crippen molar-refractivity contribution in [2.75, 3.05) is 0 Å². The van der Waals surface area contributed by atoms with Gasteiger partial charge in [0.2, 0.25) is 0 Å². The Kier molecular flexibility index (Phi) is 0.665. The Morgan fingerprint density at radius 1 is 1.57 bits per heavy atom. The van der Waals surface area contributed by atoms with E-state index in [1.165, 1.54) is 0 Å². The fourth-order valence-corrected chi connectivity index (χ4v) is 0.363. The molecule has 1 aliphatic carbocycles. The van der Waals surface area contributed by atoms with Crippen molar-refractivity contribution in [3.05, 3.63) is 23.5 Å². The minimum Gasteiger partial charge on any atom is -0.507 e. The maximum absolute atomic E-state index is 8.56. The summed E-state index contributed by atoms with van der Waals surface area (Å²) in [4.78, 5) is 0. The summed E-state index contributed by atoms with van der Waals surface area (Å²) < 4.78 is 0. The van der Waals surface area contributed by atoms with E-state index in [1.807, 2.05) is 0 Å². The highest BCUT2D eigenvalue weighted by molar-refractivity contribution is 5.50. The van der Waals surface area contributed by atoms with E-state index >= 15 is 0 Å². The monoisotopic (exact) mass is 92.0 g/mol. The molecule has 0 saturated heterocycles. The van der Waals surface area contributed by atoms with E-state index in [2.05, 4.69) is 5.92 Å². The Hall–Kier alpha value is -1.16. The normalized spacial score (nSPS) is 15.9. The number of hydrogen-bond donors (Lipinski definition) is 1. The highest BCUT2D eigenvalue weighted by Gasteiger charge is 2.02. The Morgan fingerprint density at radius 3 is 2.29 bits per heavy atom. The molecule has 0 amide bonds. The van der Waals surface area contributed by atoms with Gasteiger partial charge in [0.1, 0.15) is 5.76 Å². The second-order valence-electron chi connectivity index (χ2n) is 1.28. The van der Waals surface area contributed by atoms with Crippen molar-refractivity contribution in [2.45, 2.75) is 0 Å². The van der Waals surface area contributed by atoms with Crippen molar-refractivity contribution in [3.63, 3.8) is 0 Å². The van der Waals surface area contributed by atoms with Crippen LogP contribution in [0.3, 0.4) is 0 Å². The molecular formula is C6H4O. The third kappa shape index (κ3) is 0.403. The van der Waals surface area contributed by atoms with Crippen LogP contribution in [0, 0.1) is 12.3 Å². The molecule has 0 radical (unpaired) electrons. The Bertz CT molecular complexity index is 179. The van der Waals surface area contributed by atoms with Crippen LogP contribution in [0.5, 0.6) is 0 Å². The molecule has 0 bridgehead atoms. The van der Waals surface area contributed by atoms with Crippen LogP contribution in [0.25, 0.3) is 0 Å². The Balaban J connectivity index is 2.79. The first kappa shape index (κ1) is 4.01. The second kappa shape index (κ2) is 1.16. The van der Waals surface area contributed by atoms with Gasteiger partial charge in [0.15, 0.2) is 0 Å². The summed E-state index contributed by atoms with van der Waals surface area (Å²) >= 11 is 0. The van der Waals surface area contributed by atoms with Gasteiger partial charge in [0.25, 0.3) is 0 Å². The number of aliphatic hydroxyl groups excluding tert-OH is 1. The van der Waals surface area contributed by atoms with Crippen molar-refractivity contribution in [2.24, 2.45) is 0 Å². The van der Waals surface area contributed by atoms with Crippen LogP contribution in [0.15, 0.2) is 23.5 Å². The largest absolute Gasteiger partial charge is 0.507 e. The smallest absolute Gasteiger partial charge is 0.131 e. The Labute approximate surface area is 42.0 Å². The van der Waals surface area contributed by atoms with Gasteiger partial charge in [-0.05, 0) is 12.2 Å². The summed E-state index contributed by atoms with van der Waals surface area (Å²) in [5, 5.41) is 8.56. The zero-order valence-electron chi connectivity index (χ0n) is 3.68. The molecule has 0 aromatic rings. The van der Waals surface area contributed by atoms with Gasteiger partial charge in [-0.15, -0.1) is 6.42 Å². The lowest BCUT2D eigenvalue weighted by Crippen LogP contribution is -1.90. The molecule has 0 aliphatic heterocycles. The highest BCUT2D eigenvalue weighted by Crippen LogP contribution is 2.12.